The number of fused-ring (bicyclic) bond motifs is 7. The first-order chi connectivity index (χ1) is 27.9. The zero-order chi connectivity index (χ0) is 38.5. The van der Waals surface area contributed by atoms with Gasteiger partial charge in [0.05, 0.1) is 11.4 Å². The molecule has 1 aliphatic carbocycles. The van der Waals surface area contributed by atoms with Crippen LogP contribution in [0.25, 0.3) is 71.4 Å². The maximum absolute atomic E-state index is 8.98. The highest BCUT2D eigenvalue weighted by Crippen LogP contribution is 2.52. The molecule has 1 aliphatic rings. The van der Waals surface area contributed by atoms with E-state index in [4.69, 9.17) is 10.4 Å². The van der Waals surface area contributed by atoms with E-state index >= 15 is 0 Å². The van der Waals surface area contributed by atoms with Crippen LogP contribution in [-0.4, -0.2) is 11.9 Å². The van der Waals surface area contributed by atoms with Gasteiger partial charge in [-0.3, -0.25) is 4.99 Å². The Morgan fingerprint density at radius 2 is 1.09 bits per heavy atom. The Balaban J connectivity index is 0.990. The Labute approximate surface area is 333 Å². The van der Waals surface area contributed by atoms with Gasteiger partial charge in [-0.05, 0) is 94.5 Å². The lowest BCUT2D eigenvalue weighted by Crippen LogP contribution is -2.15. The minimum atomic E-state index is -0.0967. The van der Waals surface area contributed by atoms with Gasteiger partial charge in [0.25, 0.3) is 0 Å². The molecule has 0 fully saturated rings. The molecule has 0 unspecified atom stereocenters. The van der Waals surface area contributed by atoms with E-state index in [0.29, 0.717) is 5.71 Å². The van der Waals surface area contributed by atoms with Crippen molar-refractivity contribution in [2.75, 3.05) is 0 Å². The lowest BCUT2D eigenvalue weighted by molar-refractivity contribution is 0.666. The molecule has 10 rings (SSSR count). The fraction of sp³-hybridized carbons (Fsp3) is 0.0545. The van der Waals surface area contributed by atoms with Gasteiger partial charge in [-0.15, -0.1) is 0 Å². The minimum Gasteiger partial charge on any atom is -0.300 e. The van der Waals surface area contributed by atoms with Crippen LogP contribution >= 0.6 is 0 Å². The lowest BCUT2D eigenvalue weighted by Gasteiger charge is -2.23. The van der Waals surface area contributed by atoms with Gasteiger partial charge in [0.1, 0.15) is 0 Å². The second-order valence-corrected chi connectivity index (χ2v) is 15.5. The second kappa shape index (κ2) is 13.8. The van der Waals surface area contributed by atoms with Gasteiger partial charge < -0.3 is 5.41 Å². The Morgan fingerprint density at radius 1 is 0.491 bits per heavy atom. The standard InChI is InChI=1S/C55H40N2/c1-55(2)51-33-41(28-31-48(51)50-32-27-38-14-7-9-20-46(38)54(50)55)36-23-25-39(26-24-36)45-30-29-42(44-19-10-11-21-47(44)45)35-57-53(34-52(56)40-15-4-3-5-16-40)49-22-12-17-37-13-6-8-18-43(37)49/h3-35,56H,1-2H3/b53-34-,56-52?,57-35?. The molecule has 2 heteroatoms. The van der Waals surface area contributed by atoms with Crippen molar-refractivity contribution < 1.29 is 0 Å². The van der Waals surface area contributed by atoms with Crippen LogP contribution in [0.1, 0.15) is 41.7 Å². The Hall–Kier alpha value is -7.16. The van der Waals surface area contributed by atoms with Crippen LogP contribution in [0.3, 0.4) is 0 Å². The third kappa shape index (κ3) is 5.98. The average molecular weight is 729 g/mol. The van der Waals surface area contributed by atoms with Crippen LogP contribution in [0.4, 0.5) is 0 Å². The van der Waals surface area contributed by atoms with E-state index in [-0.39, 0.29) is 5.41 Å². The molecule has 0 heterocycles. The zero-order valence-corrected chi connectivity index (χ0v) is 32.0. The molecule has 0 aliphatic heterocycles. The number of allylic oxidation sites excluding steroid dienone is 1. The van der Waals surface area contributed by atoms with E-state index in [9.17, 15) is 0 Å². The third-order valence-electron chi connectivity index (χ3n) is 11.8. The monoisotopic (exact) mass is 728 g/mol. The molecule has 9 aromatic carbocycles. The summed E-state index contributed by atoms with van der Waals surface area (Å²) in [5.41, 5.74) is 14.2. The maximum atomic E-state index is 8.98. The first kappa shape index (κ1) is 34.3. The number of aliphatic imine (C=N–C) groups is 1. The zero-order valence-electron chi connectivity index (χ0n) is 32.0. The molecule has 0 saturated carbocycles. The SMILES string of the molecule is CC1(C)c2cc(-c3ccc(-c4ccc(C=N/C(=C\C(=N)c5ccccc5)c5cccc6ccccc56)c5ccccc45)cc3)ccc2-c2ccc3ccccc3c21. The van der Waals surface area contributed by atoms with Crippen molar-refractivity contribution in [2.45, 2.75) is 19.3 Å². The summed E-state index contributed by atoms with van der Waals surface area (Å²) in [7, 11) is 0. The highest BCUT2D eigenvalue weighted by Gasteiger charge is 2.37. The number of rotatable bonds is 7. The van der Waals surface area contributed by atoms with Gasteiger partial charge in [0, 0.05) is 22.8 Å². The summed E-state index contributed by atoms with van der Waals surface area (Å²) >= 11 is 0. The van der Waals surface area contributed by atoms with Gasteiger partial charge in [-0.25, -0.2) is 0 Å². The van der Waals surface area contributed by atoms with Gasteiger partial charge in [0.2, 0.25) is 0 Å². The molecule has 2 nitrogen and oxygen atoms in total. The van der Waals surface area contributed by atoms with Crippen molar-refractivity contribution in [3.05, 3.63) is 222 Å². The summed E-state index contributed by atoms with van der Waals surface area (Å²) < 4.78 is 0. The predicted octanol–water partition coefficient (Wildman–Crippen LogP) is 14.3. The molecule has 0 saturated heterocycles. The molecule has 9 aromatic rings. The van der Waals surface area contributed by atoms with Crippen molar-refractivity contribution in [3.8, 4) is 33.4 Å². The van der Waals surface area contributed by atoms with Crippen LogP contribution in [0.2, 0.25) is 0 Å². The highest BCUT2D eigenvalue weighted by atomic mass is 14.7. The predicted molar refractivity (Wildman–Crippen MR) is 243 cm³/mol. The van der Waals surface area contributed by atoms with Gasteiger partial charge in [-0.1, -0.05) is 196 Å². The fourth-order valence-electron chi connectivity index (χ4n) is 8.92. The van der Waals surface area contributed by atoms with Gasteiger partial charge in [-0.2, -0.15) is 0 Å². The van der Waals surface area contributed by atoms with Crippen molar-refractivity contribution >= 4 is 49.9 Å². The summed E-state index contributed by atoms with van der Waals surface area (Å²) in [6, 6.07) is 66.8. The smallest absolute Gasteiger partial charge is 0.0729 e. The average Bonchev–Trinajstić information content (AvgIpc) is 3.50. The largest absolute Gasteiger partial charge is 0.300 e. The molecule has 0 bridgehead atoms. The van der Waals surface area contributed by atoms with Gasteiger partial charge in [0.15, 0.2) is 0 Å². The summed E-state index contributed by atoms with van der Waals surface area (Å²) in [6.45, 7) is 4.74. The number of hydrogen-bond donors (Lipinski definition) is 1. The van der Waals surface area contributed by atoms with Crippen molar-refractivity contribution in [3.63, 3.8) is 0 Å². The van der Waals surface area contributed by atoms with E-state index in [1.54, 1.807) is 0 Å². The van der Waals surface area contributed by atoms with Crippen molar-refractivity contribution in [1.82, 2.24) is 0 Å². The molecule has 1 N–H and O–H groups in total. The Kier molecular flexibility index (Phi) is 8.34. The molecule has 0 aromatic heterocycles. The highest BCUT2D eigenvalue weighted by molar-refractivity contribution is 6.13. The number of nitrogens with zero attached hydrogens (tertiary/aromatic N) is 1. The minimum absolute atomic E-state index is 0.0967. The van der Waals surface area contributed by atoms with E-state index in [1.165, 1.54) is 60.7 Å². The number of benzene rings is 9. The van der Waals surface area contributed by atoms with Gasteiger partial charge >= 0.3 is 0 Å². The normalized spacial score (nSPS) is 13.3. The van der Waals surface area contributed by atoms with E-state index < -0.39 is 0 Å². The maximum Gasteiger partial charge on any atom is 0.0729 e. The van der Waals surface area contributed by atoms with Crippen molar-refractivity contribution in [1.29, 1.82) is 5.41 Å². The van der Waals surface area contributed by atoms with Crippen LogP contribution < -0.4 is 0 Å². The molecular formula is C55H40N2. The summed E-state index contributed by atoms with van der Waals surface area (Å²) in [5, 5.41) is 16.2. The van der Waals surface area contributed by atoms with Crippen molar-refractivity contribution in [2.24, 2.45) is 4.99 Å². The van der Waals surface area contributed by atoms with Crippen LogP contribution in [0.15, 0.2) is 199 Å². The second-order valence-electron chi connectivity index (χ2n) is 15.5. The molecule has 0 amide bonds. The van der Waals surface area contributed by atoms with E-state index in [1.807, 2.05) is 42.6 Å². The quantitative estimate of drug-likeness (QED) is 0.159. The van der Waals surface area contributed by atoms with Crippen LogP contribution in [-0.2, 0) is 5.41 Å². The summed E-state index contributed by atoms with van der Waals surface area (Å²) in [5.74, 6) is 0. The molecule has 0 atom stereocenters. The lowest BCUT2D eigenvalue weighted by atomic mass is 9.79. The molecule has 0 radical (unpaired) electrons. The summed E-state index contributed by atoms with van der Waals surface area (Å²) in [4.78, 5) is 5.14. The fourth-order valence-corrected chi connectivity index (χ4v) is 8.92. The van der Waals surface area contributed by atoms with E-state index in [0.717, 1.165) is 38.5 Å². The first-order valence-electron chi connectivity index (χ1n) is 19.6. The Morgan fingerprint density at radius 3 is 1.88 bits per heavy atom. The first-order valence-corrected chi connectivity index (χ1v) is 19.6. The third-order valence-corrected chi connectivity index (χ3v) is 11.8. The molecule has 57 heavy (non-hydrogen) atoms. The topological polar surface area (TPSA) is 36.2 Å². The molecule has 270 valence electrons. The van der Waals surface area contributed by atoms with Crippen LogP contribution in [0, 0.1) is 5.41 Å². The number of hydrogen-bond acceptors (Lipinski definition) is 2. The molecular weight excluding hydrogens is 689 g/mol. The Bertz CT molecular complexity index is 3090. The number of nitrogens with one attached hydrogen (secondary N) is 1. The summed E-state index contributed by atoms with van der Waals surface area (Å²) in [6.07, 6.45) is 3.84. The van der Waals surface area contributed by atoms with Crippen LogP contribution in [0.5, 0.6) is 0 Å². The molecule has 0 spiro atoms. The van der Waals surface area contributed by atoms with E-state index in [2.05, 4.69) is 172 Å².